The molecule has 222 valence electrons. The molecule has 1 aliphatic rings. The number of nitrogens with zero attached hydrogens (tertiary/aromatic N) is 4. The average Bonchev–Trinajstić information content (AvgIpc) is 2.87. The van der Waals surface area contributed by atoms with Crippen LogP contribution in [0.3, 0.4) is 0 Å². The van der Waals surface area contributed by atoms with Crippen LogP contribution >= 0.6 is 0 Å². The number of hydrogen-bond donors (Lipinski definition) is 4. The summed E-state index contributed by atoms with van der Waals surface area (Å²) in [4.78, 5) is 9.62. The first-order valence-corrected chi connectivity index (χ1v) is 15.0. The summed E-state index contributed by atoms with van der Waals surface area (Å²) in [7, 11) is 0. The molecule has 0 aromatic rings. The molecule has 1 saturated heterocycles. The third-order valence-electron chi connectivity index (χ3n) is 7.96. The summed E-state index contributed by atoms with van der Waals surface area (Å²) in [6.45, 7) is 19.5. The molecular weight excluding hydrogens is 468 g/mol. The largest absolute Gasteiger partial charge is 0.396 e. The van der Waals surface area contributed by atoms with Crippen molar-refractivity contribution in [3.05, 3.63) is 0 Å². The topological polar surface area (TPSA) is 93.9 Å². The lowest BCUT2D eigenvalue weighted by molar-refractivity contribution is 0.0484. The van der Waals surface area contributed by atoms with Crippen molar-refractivity contribution in [3.63, 3.8) is 0 Å². The predicted octanol–water partition coefficient (Wildman–Crippen LogP) is 1.96. The first-order chi connectivity index (χ1) is 17.7. The molecule has 1 atom stereocenters. The molecule has 0 aromatic heterocycles. The molecule has 4 N–H and O–H groups in total. The Morgan fingerprint density at radius 2 is 0.973 bits per heavy atom. The zero-order valence-electron chi connectivity index (χ0n) is 24.8. The zero-order chi connectivity index (χ0) is 27.6. The fourth-order valence-electron chi connectivity index (χ4n) is 5.36. The molecule has 0 bridgehead atoms. The van der Waals surface area contributed by atoms with Gasteiger partial charge < -0.3 is 30.2 Å². The summed E-state index contributed by atoms with van der Waals surface area (Å²) in [5, 5.41) is 39.5. The fraction of sp³-hybridized carbons (Fsp3) is 1.00. The van der Waals surface area contributed by atoms with Crippen molar-refractivity contribution in [2.45, 2.75) is 72.6 Å². The summed E-state index contributed by atoms with van der Waals surface area (Å²) in [6, 6.07) is 0. The van der Waals surface area contributed by atoms with Crippen LogP contribution in [0.4, 0.5) is 0 Å². The molecule has 0 radical (unpaired) electrons. The maximum atomic E-state index is 10.4. The van der Waals surface area contributed by atoms with E-state index >= 15 is 0 Å². The van der Waals surface area contributed by atoms with Crippen LogP contribution in [0.5, 0.6) is 0 Å². The van der Waals surface area contributed by atoms with E-state index in [0.717, 1.165) is 71.9 Å². The van der Waals surface area contributed by atoms with E-state index in [2.05, 4.69) is 47.3 Å². The van der Waals surface area contributed by atoms with Crippen molar-refractivity contribution in [2.24, 2.45) is 10.8 Å². The highest BCUT2D eigenvalue weighted by molar-refractivity contribution is 4.82. The van der Waals surface area contributed by atoms with E-state index in [1.807, 2.05) is 0 Å². The van der Waals surface area contributed by atoms with E-state index in [1.54, 1.807) is 0 Å². The Bertz CT molecular complexity index is 554. The Balaban J connectivity index is 2.92. The number of rotatable bonds is 17. The lowest BCUT2D eigenvalue weighted by Crippen LogP contribution is -2.50. The van der Waals surface area contributed by atoms with Crippen molar-refractivity contribution in [2.75, 3.05) is 105 Å². The van der Waals surface area contributed by atoms with Crippen LogP contribution in [-0.2, 0) is 0 Å². The van der Waals surface area contributed by atoms with Crippen molar-refractivity contribution in [1.29, 1.82) is 0 Å². The fourth-order valence-corrected chi connectivity index (χ4v) is 5.36. The standard InChI is InChI=1S/C29H62N4O4/c1-5-6-7-8-9-10-11-29(4,27-37)25-33-17-15-31(21-23-35)13-12-30(20-22-34)14-16-32(18-19-33)24-28(2,3)26-36/h34-37H,5-27H2,1-4H3. The number of hydrogen-bond acceptors (Lipinski definition) is 8. The minimum Gasteiger partial charge on any atom is -0.396 e. The van der Waals surface area contributed by atoms with Crippen LogP contribution in [0.25, 0.3) is 0 Å². The second kappa shape index (κ2) is 19.7. The van der Waals surface area contributed by atoms with Gasteiger partial charge in [0.15, 0.2) is 0 Å². The normalized spacial score (nSPS) is 20.4. The van der Waals surface area contributed by atoms with Gasteiger partial charge in [0.25, 0.3) is 0 Å². The molecule has 1 fully saturated rings. The van der Waals surface area contributed by atoms with Crippen LogP contribution in [0.15, 0.2) is 0 Å². The third-order valence-corrected chi connectivity index (χ3v) is 7.96. The van der Waals surface area contributed by atoms with Crippen molar-refractivity contribution in [1.82, 2.24) is 19.6 Å². The van der Waals surface area contributed by atoms with Crippen LogP contribution < -0.4 is 0 Å². The lowest BCUT2D eigenvalue weighted by atomic mass is 9.84. The molecule has 0 amide bonds. The van der Waals surface area contributed by atoms with Gasteiger partial charge in [0.05, 0.1) is 13.2 Å². The van der Waals surface area contributed by atoms with Gasteiger partial charge in [-0.2, -0.15) is 0 Å². The molecule has 37 heavy (non-hydrogen) atoms. The second-order valence-electron chi connectivity index (χ2n) is 12.5. The number of aliphatic hydroxyl groups is 4. The van der Waals surface area contributed by atoms with Crippen molar-refractivity contribution < 1.29 is 20.4 Å². The SMILES string of the molecule is CCCCCCCCC(C)(CO)CN1CCN(CCO)CCN(CCO)CCN(CC(C)(C)CO)CC1. The molecule has 1 rings (SSSR count). The predicted molar refractivity (Wildman–Crippen MR) is 154 cm³/mol. The highest BCUT2D eigenvalue weighted by atomic mass is 16.3. The summed E-state index contributed by atoms with van der Waals surface area (Å²) < 4.78 is 0. The van der Waals surface area contributed by atoms with Gasteiger partial charge in [-0.05, 0) is 6.42 Å². The molecule has 8 nitrogen and oxygen atoms in total. The molecule has 1 unspecified atom stereocenters. The summed E-state index contributed by atoms with van der Waals surface area (Å²) >= 11 is 0. The summed E-state index contributed by atoms with van der Waals surface area (Å²) in [5.74, 6) is 0. The maximum absolute atomic E-state index is 10.4. The Morgan fingerprint density at radius 1 is 0.541 bits per heavy atom. The smallest absolute Gasteiger partial charge is 0.0558 e. The van der Waals surface area contributed by atoms with E-state index in [1.165, 1.54) is 38.5 Å². The number of unbranched alkanes of at least 4 members (excludes halogenated alkanes) is 5. The van der Waals surface area contributed by atoms with Crippen LogP contribution in [0.2, 0.25) is 0 Å². The monoisotopic (exact) mass is 530 g/mol. The molecule has 0 aliphatic carbocycles. The van der Waals surface area contributed by atoms with Crippen LogP contribution in [-0.4, -0.2) is 145 Å². The molecule has 1 heterocycles. The highest BCUT2D eigenvalue weighted by Gasteiger charge is 2.28. The van der Waals surface area contributed by atoms with E-state index in [0.29, 0.717) is 13.1 Å². The molecule has 0 aromatic carbocycles. The quantitative estimate of drug-likeness (QED) is 0.212. The van der Waals surface area contributed by atoms with Gasteiger partial charge in [0.1, 0.15) is 0 Å². The van der Waals surface area contributed by atoms with E-state index < -0.39 is 0 Å². The highest BCUT2D eigenvalue weighted by Crippen LogP contribution is 2.26. The maximum Gasteiger partial charge on any atom is 0.0558 e. The average molecular weight is 531 g/mol. The molecular formula is C29H62N4O4. The first kappa shape index (κ1) is 34.7. The van der Waals surface area contributed by atoms with Gasteiger partial charge in [-0.15, -0.1) is 0 Å². The lowest BCUT2D eigenvalue weighted by Gasteiger charge is -2.39. The first-order valence-electron chi connectivity index (χ1n) is 15.0. The van der Waals surface area contributed by atoms with Gasteiger partial charge >= 0.3 is 0 Å². The number of β-amino-alcohol motifs (C(OH)–C–C–N with tert-alkyl or cyclic N) is 2. The Hall–Kier alpha value is -0.320. The van der Waals surface area contributed by atoms with Gasteiger partial charge in [-0.1, -0.05) is 66.2 Å². The van der Waals surface area contributed by atoms with Gasteiger partial charge in [-0.3, -0.25) is 9.80 Å². The second-order valence-corrected chi connectivity index (χ2v) is 12.5. The Morgan fingerprint density at radius 3 is 1.41 bits per heavy atom. The minimum absolute atomic E-state index is 0.114. The van der Waals surface area contributed by atoms with Gasteiger partial charge in [0, 0.05) is 103 Å². The van der Waals surface area contributed by atoms with E-state index in [9.17, 15) is 20.4 Å². The third kappa shape index (κ3) is 15.8. The van der Waals surface area contributed by atoms with Gasteiger partial charge in [0.2, 0.25) is 0 Å². The minimum atomic E-state index is -0.168. The van der Waals surface area contributed by atoms with Crippen molar-refractivity contribution >= 4 is 0 Å². The summed E-state index contributed by atoms with van der Waals surface area (Å²) in [5.41, 5.74) is -0.282. The Kier molecular flexibility index (Phi) is 18.5. The molecule has 0 saturated carbocycles. The van der Waals surface area contributed by atoms with Crippen LogP contribution in [0.1, 0.15) is 72.6 Å². The van der Waals surface area contributed by atoms with Crippen LogP contribution in [0, 0.1) is 10.8 Å². The summed E-state index contributed by atoms with van der Waals surface area (Å²) in [6.07, 6.45) is 8.65. The molecule has 0 spiro atoms. The number of aliphatic hydroxyl groups excluding tert-OH is 4. The van der Waals surface area contributed by atoms with E-state index in [-0.39, 0.29) is 37.3 Å². The van der Waals surface area contributed by atoms with E-state index in [4.69, 9.17) is 0 Å². The zero-order valence-corrected chi connectivity index (χ0v) is 24.8. The molecule has 1 aliphatic heterocycles. The molecule has 8 heteroatoms. The Labute approximate surface area is 228 Å². The van der Waals surface area contributed by atoms with Gasteiger partial charge in [-0.25, -0.2) is 0 Å². The van der Waals surface area contributed by atoms with Crippen molar-refractivity contribution in [3.8, 4) is 0 Å².